The van der Waals surface area contributed by atoms with Crippen molar-refractivity contribution in [2.45, 2.75) is 24.3 Å². The largest absolute Gasteiger partial charge is 0.496 e. The van der Waals surface area contributed by atoms with E-state index in [1.54, 1.807) is 19.1 Å². The number of amides is 1. The average molecular weight is 514 g/mol. The fraction of sp³-hybridized carbons (Fsp3) is 0.333. The lowest BCUT2D eigenvalue weighted by Gasteiger charge is -2.27. The highest BCUT2D eigenvalue weighted by atomic mass is 35.5. The standard InChI is InChI=1S/C21H24ClN3O6S2/c1-4-23-21(32)25-33(27,28)19-8-12-7-14(11-31-17(12)10-18(19)30-3)24-20(26)15-9-13(22)5-6-16(15)29-2/h5-6,8-10,14H,4,7,11H2,1-3H3,(H,24,26)(H2,23,25,32). The predicted octanol–water partition coefficient (Wildman–Crippen LogP) is 2.26. The lowest BCUT2D eigenvalue weighted by molar-refractivity contribution is 0.0912. The number of sulfonamides is 1. The van der Waals surface area contributed by atoms with Crippen LogP contribution >= 0.6 is 23.8 Å². The van der Waals surface area contributed by atoms with Crippen molar-refractivity contribution < 1.29 is 27.4 Å². The smallest absolute Gasteiger partial charge is 0.267 e. The summed E-state index contributed by atoms with van der Waals surface area (Å²) in [5.41, 5.74) is 0.884. The summed E-state index contributed by atoms with van der Waals surface area (Å²) in [4.78, 5) is 12.7. The molecule has 12 heteroatoms. The Labute approximate surface area is 202 Å². The van der Waals surface area contributed by atoms with Crippen LogP contribution in [0.2, 0.25) is 5.02 Å². The van der Waals surface area contributed by atoms with E-state index in [0.717, 1.165) is 0 Å². The molecule has 0 saturated heterocycles. The number of nitrogens with one attached hydrogen (secondary N) is 3. The maximum atomic E-state index is 12.9. The molecule has 1 heterocycles. The quantitative estimate of drug-likeness (QED) is 0.483. The fourth-order valence-electron chi connectivity index (χ4n) is 3.35. The van der Waals surface area contributed by atoms with Crippen LogP contribution in [0.4, 0.5) is 0 Å². The van der Waals surface area contributed by atoms with Crippen LogP contribution < -0.4 is 29.6 Å². The molecule has 0 aromatic heterocycles. The Balaban J connectivity index is 1.84. The summed E-state index contributed by atoms with van der Waals surface area (Å²) in [6, 6.07) is 7.32. The van der Waals surface area contributed by atoms with E-state index in [1.807, 2.05) is 0 Å². The molecular weight excluding hydrogens is 490 g/mol. The molecule has 33 heavy (non-hydrogen) atoms. The number of thiocarbonyl (C=S) groups is 1. The third-order valence-corrected chi connectivity index (χ3v) is 6.83. The van der Waals surface area contributed by atoms with Crippen LogP contribution in [-0.4, -0.2) is 52.9 Å². The first-order valence-electron chi connectivity index (χ1n) is 9.97. The average Bonchev–Trinajstić information content (AvgIpc) is 2.77. The molecule has 0 fully saturated rings. The van der Waals surface area contributed by atoms with Crippen LogP contribution in [0.1, 0.15) is 22.8 Å². The van der Waals surface area contributed by atoms with Crippen LogP contribution in [0.3, 0.4) is 0 Å². The summed E-state index contributed by atoms with van der Waals surface area (Å²) in [5.74, 6) is 0.595. The number of fused-ring (bicyclic) bond motifs is 1. The van der Waals surface area contributed by atoms with Crippen molar-refractivity contribution in [1.82, 2.24) is 15.4 Å². The maximum absolute atomic E-state index is 12.9. The second kappa shape index (κ2) is 10.4. The van der Waals surface area contributed by atoms with E-state index in [4.69, 9.17) is 38.0 Å². The minimum absolute atomic E-state index is 0.0193. The van der Waals surface area contributed by atoms with E-state index in [9.17, 15) is 13.2 Å². The zero-order valence-electron chi connectivity index (χ0n) is 18.2. The van der Waals surface area contributed by atoms with Gasteiger partial charge in [-0.05, 0) is 55.4 Å². The second-order valence-electron chi connectivity index (χ2n) is 7.11. The highest BCUT2D eigenvalue weighted by Crippen LogP contribution is 2.35. The third kappa shape index (κ3) is 5.79. The van der Waals surface area contributed by atoms with E-state index >= 15 is 0 Å². The number of hydrogen-bond acceptors (Lipinski definition) is 7. The highest BCUT2D eigenvalue weighted by molar-refractivity contribution is 7.92. The molecule has 1 amide bonds. The Morgan fingerprint density at radius 3 is 2.61 bits per heavy atom. The molecule has 0 aliphatic carbocycles. The van der Waals surface area contributed by atoms with Gasteiger partial charge in [-0.15, -0.1) is 0 Å². The zero-order valence-corrected chi connectivity index (χ0v) is 20.6. The van der Waals surface area contributed by atoms with Crippen molar-refractivity contribution in [2.75, 3.05) is 27.4 Å². The number of methoxy groups -OCH3 is 2. The minimum Gasteiger partial charge on any atom is -0.496 e. The van der Waals surface area contributed by atoms with Gasteiger partial charge in [-0.2, -0.15) is 0 Å². The van der Waals surface area contributed by atoms with Crippen LogP contribution in [0.15, 0.2) is 35.2 Å². The normalized spacial score (nSPS) is 15.0. The number of hydrogen-bond donors (Lipinski definition) is 3. The molecule has 0 radical (unpaired) electrons. The van der Waals surface area contributed by atoms with Crippen molar-refractivity contribution in [3.63, 3.8) is 0 Å². The lowest BCUT2D eigenvalue weighted by Crippen LogP contribution is -2.43. The summed E-state index contributed by atoms with van der Waals surface area (Å²) in [5, 5.41) is 6.00. The predicted molar refractivity (Wildman–Crippen MR) is 128 cm³/mol. The summed E-state index contributed by atoms with van der Waals surface area (Å²) in [7, 11) is -1.18. The fourth-order valence-corrected chi connectivity index (χ4v) is 5.12. The van der Waals surface area contributed by atoms with Crippen LogP contribution in [0, 0.1) is 0 Å². The van der Waals surface area contributed by atoms with E-state index in [2.05, 4.69) is 15.4 Å². The van der Waals surface area contributed by atoms with Crippen molar-refractivity contribution >= 4 is 44.9 Å². The Morgan fingerprint density at radius 2 is 1.94 bits per heavy atom. The van der Waals surface area contributed by atoms with Crippen LogP contribution in [-0.2, 0) is 16.4 Å². The highest BCUT2D eigenvalue weighted by Gasteiger charge is 2.28. The van der Waals surface area contributed by atoms with Crippen molar-refractivity contribution in [2.24, 2.45) is 0 Å². The molecular formula is C21H24ClN3O6S2. The Morgan fingerprint density at radius 1 is 1.21 bits per heavy atom. The van der Waals surface area contributed by atoms with Crippen molar-refractivity contribution in [3.05, 3.63) is 46.5 Å². The third-order valence-electron chi connectivity index (χ3n) is 4.85. The van der Waals surface area contributed by atoms with Crippen molar-refractivity contribution in [3.8, 4) is 17.2 Å². The first-order valence-corrected chi connectivity index (χ1v) is 12.2. The summed E-state index contributed by atoms with van der Waals surface area (Å²) < 4.78 is 44.3. The molecule has 2 aromatic rings. The van der Waals surface area contributed by atoms with Gasteiger partial charge >= 0.3 is 0 Å². The molecule has 1 aliphatic rings. The van der Waals surface area contributed by atoms with E-state index in [-0.39, 0.29) is 33.8 Å². The van der Waals surface area contributed by atoms with Gasteiger partial charge in [-0.3, -0.25) is 9.52 Å². The molecule has 1 aliphatic heterocycles. The molecule has 1 atom stereocenters. The molecule has 3 N–H and O–H groups in total. The van der Waals surface area contributed by atoms with Crippen molar-refractivity contribution in [1.29, 1.82) is 0 Å². The second-order valence-corrected chi connectivity index (χ2v) is 9.60. The SMILES string of the molecule is CCNC(=S)NS(=O)(=O)c1cc2c(cc1OC)OCC(NC(=O)c1cc(Cl)ccc1OC)C2. The monoisotopic (exact) mass is 513 g/mol. The van der Waals surface area contributed by atoms with Gasteiger partial charge < -0.3 is 24.8 Å². The topological polar surface area (TPSA) is 115 Å². The molecule has 1 unspecified atom stereocenters. The molecule has 9 nitrogen and oxygen atoms in total. The number of carbonyl (C=O) groups excluding carboxylic acids is 1. The number of carbonyl (C=O) groups is 1. The van der Waals surface area contributed by atoms with Gasteiger partial charge in [0.15, 0.2) is 5.11 Å². The van der Waals surface area contributed by atoms with Gasteiger partial charge in [0, 0.05) is 17.6 Å². The van der Waals surface area contributed by atoms with Gasteiger partial charge in [-0.25, -0.2) is 8.42 Å². The zero-order chi connectivity index (χ0) is 24.2. The number of halogens is 1. The molecule has 0 bridgehead atoms. The Kier molecular flexibility index (Phi) is 7.88. The summed E-state index contributed by atoms with van der Waals surface area (Å²) in [6.07, 6.45) is 0.341. The van der Waals surface area contributed by atoms with Gasteiger partial charge in [-0.1, -0.05) is 11.6 Å². The summed E-state index contributed by atoms with van der Waals surface area (Å²) in [6.45, 7) is 2.46. The molecule has 3 rings (SSSR count). The van der Waals surface area contributed by atoms with E-state index in [1.165, 1.54) is 32.4 Å². The van der Waals surface area contributed by atoms with Crippen LogP contribution in [0.25, 0.3) is 0 Å². The maximum Gasteiger partial charge on any atom is 0.267 e. The van der Waals surface area contributed by atoms with Gasteiger partial charge in [0.1, 0.15) is 28.8 Å². The number of benzene rings is 2. The van der Waals surface area contributed by atoms with E-state index in [0.29, 0.717) is 35.1 Å². The van der Waals surface area contributed by atoms with Gasteiger partial charge in [0.25, 0.3) is 15.9 Å². The van der Waals surface area contributed by atoms with Gasteiger partial charge in [0.05, 0.1) is 25.8 Å². The lowest BCUT2D eigenvalue weighted by atomic mass is 10.0. The van der Waals surface area contributed by atoms with E-state index < -0.39 is 16.1 Å². The molecule has 2 aromatic carbocycles. The Hall–Kier alpha value is -2.76. The number of ether oxygens (including phenoxy) is 3. The first-order chi connectivity index (χ1) is 15.7. The Bertz CT molecular complexity index is 1170. The molecule has 178 valence electrons. The van der Waals surface area contributed by atoms with Crippen LogP contribution in [0.5, 0.6) is 17.2 Å². The number of rotatable bonds is 7. The first kappa shape index (κ1) is 24.9. The molecule has 0 saturated carbocycles. The molecule has 0 spiro atoms. The minimum atomic E-state index is -4.01. The summed E-state index contributed by atoms with van der Waals surface area (Å²) >= 11 is 11.0. The van der Waals surface area contributed by atoms with Gasteiger partial charge in [0.2, 0.25) is 0 Å².